The molecule has 0 aromatic heterocycles. The second-order valence-corrected chi connectivity index (χ2v) is 3.83. The van der Waals surface area contributed by atoms with Crippen LogP contribution in [-0.4, -0.2) is 29.8 Å². The first-order chi connectivity index (χ1) is 7.35. The van der Waals surface area contributed by atoms with Gasteiger partial charge in [0.15, 0.2) is 0 Å². The molecule has 0 aliphatic rings. The summed E-state index contributed by atoms with van der Waals surface area (Å²) in [5.74, 6) is -1.17. The number of ketones is 1. The Hall–Kier alpha value is -1.39. The third kappa shape index (κ3) is 4.42. The molecule has 0 fully saturated rings. The number of amides is 1. The summed E-state index contributed by atoms with van der Waals surface area (Å²) in [6.07, 6.45) is 0.199. The minimum Gasteiger partial charge on any atom is -0.464 e. The average Bonchev–Trinajstić information content (AvgIpc) is 2.16. The minimum absolute atomic E-state index is 0.213. The number of carbonyl (C=O) groups excluding carboxylic acids is 3. The highest BCUT2D eigenvalue weighted by molar-refractivity contribution is 5.99. The molecular formula is C11H19NO4. The average molecular weight is 229 g/mol. The molecular weight excluding hydrogens is 210 g/mol. The van der Waals surface area contributed by atoms with Crippen molar-refractivity contribution < 1.29 is 19.1 Å². The van der Waals surface area contributed by atoms with E-state index in [4.69, 9.17) is 4.74 Å². The van der Waals surface area contributed by atoms with Gasteiger partial charge in [-0.1, -0.05) is 6.92 Å². The van der Waals surface area contributed by atoms with Crippen LogP contribution in [0.2, 0.25) is 0 Å². The quantitative estimate of drug-likeness (QED) is 0.540. The van der Waals surface area contributed by atoms with Gasteiger partial charge in [-0.05, 0) is 27.2 Å². The zero-order valence-corrected chi connectivity index (χ0v) is 10.3. The van der Waals surface area contributed by atoms with Gasteiger partial charge in [0.2, 0.25) is 5.91 Å². The summed E-state index contributed by atoms with van der Waals surface area (Å²) in [5, 5.41) is 2.52. The molecule has 0 aliphatic heterocycles. The predicted molar refractivity (Wildman–Crippen MR) is 58.8 cm³/mol. The molecule has 0 bridgehead atoms. The molecule has 1 atom stereocenters. The van der Waals surface area contributed by atoms with E-state index in [9.17, 15) is 14.4 Å². The minimum atomic E-state index is -1.05. The molecule has 1 unspecified atom stereocenters. The Labute approximate surface area is 95.5 Å². The highest BCUT2D eigenvalue weighted by Gasteiger charge is 2.34. The summed E-state index contributed by atoms with van der Waals surface area (Å²) < 4.78 is 4.87. The maximum absolute atomic E-state index is 11.6. The Balaban J connectivity index is 4.53. The van der Waals surface area contributed by atoms with Gasteiger partial charge in [-0.3, -0.25) is 9.59 Å². The van der Waals surface area contributed by atoms with Crippen LogP contribution in [0, 0.1) is 0 Å². The normalized spacial score (nSPS) is 13.8. The van der Waals surface area contributed by atoms with Crippen LogP contribution in [0.4, 0.5) is 0 Å². The summed E-state index contributed by atoms with van der Waals surface area (Å²) in [6, 6.07) is 0. The second-order valence-electron chi connectivity index (χ2n) is 3.83. The van der Waals surface area contributed by atoms with Crippen LogP contribution in [0.1, 0.15) is 40.5 Å². The van der Waals surface area contributed by atoms with Gasteiger partial charge in [0.05, 0.1) is 13.0 Å². The summed E-state index contributed by atoms with van der Waals surface area (Å²) in [5.41, 5.74) is -1.05. The fourth-order valence-corrected chi connectivity index (χ4v) is 1.15. The van der Waals surface area contributed by atoms with Gasteiger partial charge in [0, 0.05) is 0 Å². The van der Waals surface area contributed by atoms with Crippen molar-refractivity contribution in [2.24, 2.45) is 0 Å². The van der Waals surface area contributed by atoms with Crippen molar-refractivity contribution in [1.82, 2.24) is 5.32 Å². The molecule has 0 saturated heterocycles. The molecule has 16 heavy (non-hydrogen) atoms. The number of hydrogen-bond acceptors (Lipinski definition) is 4. The lowest BCUT2D eigenvalue weighted by atomic mass is 9.98. The van der Waals surface area contributed by atoms with E-state index in [1.165, 1.54) is 6.92 Å². The van der Waals surface area contributed by atoms with Crippen LogP contribution in [0.5, 0.6) is 0 Å². The first-order valence-corrected chi connectivity index (χ1v) is 5.33. The highest BCUT2D eigenvalue weighted by Crippen LogP contribution is 2.12. The molecule has 1 amide bonds. The van der Waals surface area contributed by atoms with Gasteiger partial charge in [-0.2, -0.15) is 0 Å². The zero-order valence-electron chi connectivity index (χ0n) is 10.3. The first kappa shape index (κ1) is 14.6. The maximum atomic E-state index is 11.6. The fraction of sp³-hybridized carbons (Fsp3) is 0.727. The summed E-state index contributed by atoms with van der Waals surface area (Å²) in [4.78, 5) is 33.7. The Kier molecular flexibility index (Phi) is 5.71. The summed E-state index contributed by atoms with van der Waals surface area (Å²) in [6.45, 7) is 6.64. The van der Waals surface area contributed by atoms with Crippen LogP contribution >= 0.6 is 0 Å². The van der Waals surface area contributed by atoms with E-state index in [1.807, 2.05) is 0 Å². The van der Waals surface area contributed by atoms with E-state index in [2.05, 4.69) is 5.32 Å². The molecule has 0 saturated carbocycles. The van der Waals surface area contributed by atoms with Crippen LogP contribution in [0.15, 0.2) is 0 Å². The van der Waals surface area contributed by atoms with E-state index in [1.54, 1.807) is 20.8 Å². The van der Waals surface area contributed by atoms with E-state index in [0.29, 0.717) is 6.42 Å². The molecule has 0 aliphatic carbocycles. The van der Waals surface area contributed by atoms with Gasteiger partial charge < -0.3 is 10.1 Å². The monoisotopic (exact) mass is 229 g/mol. The molecule has 1 N–H and O–H groups in total. The predicted octanol–water partition coefficient (Wildman–Crippen LogP) is 0.813. The van der Waals surface area contributed by atoms with Crippen LogP contribution in [0.3, 0.4) is 0 Å². The van der Waals surface area contributed by atoms with Crippen LogP contribution < -0.4 is 5.32 Å². The van der Waals surface area contributed by atoms with Crippen LogP contribution in [0.25, 0.3) is 0 Å². The SMILES string of the molecule is CCOC(=O)C(C)(CC)NC(=O)CC(C)=O. The number of rotatable bonds is 6. The number of carbonyl (C=O) groups is 3. The van der Waals surface area contributed by atoms with Gasteiger partial charge in [-0.15, -0.1) is 0 Å². The van der Waals surface area contributed by atoms with Crippen molar-refractivity contribution in [2.75, 3.05) is 6.61 Å². The van der Waals surface area contributed by atoms with Crippen molar-refractivity contribution in [1.29, 1.82) is 0 Å². The topological polar surface area (TPSA) is 72.5 Å². The van der Waals surface area contributed by atoms with E-state index >= 15 is 0 Å². The maximum Gasteiger partial charge on any atom is 0.331 e. The van der Waals surface area contributed by atoms with Crippen molar-refractivity contribution in [3.8, 4) is 0 Å². The van der Waals surface area contributed by atoms with Gasteiger partial charge >= 0.3 is 5.97 Å². The Morgan fingerprint density at radius 1 is 1.25 bits per heavy atom. The molecule has 5 heteroatoms. The molecule has 0 heterocycles. The third-order valence-corrected chi connectivity index (χ3v) is 2.26. The Morgan fingerprint density at radius 2 is 1.81 bits per heavy atom. The van der Waals surface area contributed by atoms with Crippen molar-refractivity contribution >= 4 is 17.7 Å². The number of ether oxygens (including phenoxy) is 1. The largest absolute Gasteiger partial charge is 0.464 e. The van der Waals surface area contributed by atoms with Gasteiger partial charge in [0.1, 0.15) is 11.3 Å². The molecule has 0 spiro atoms. The number of nitrogens with one attached hydrogen (secondary N) is 1. The number of hydrogen-bond donors (Lipinski definition) is 1. The van der Waals surface area contributed by atoms with Crippen LogP contribution in [-0.2, 0) is 19.1 Å². The molecule has 0 radical (unpaired) electrons. The summed E-state index contributed by atoms with van der Waals surface area (Å²) >= 11 is 0. The smallest absolute Gasteiger partial charge is 0.331 e. The molecule has 92 valence electrons. The Bertz CT molecular complexity index is 288. The lowest BCUT2D eigenvalue weighted by Gasteiger charge is -2.26. The Morgan fingerprint density at radius 3 is 2.19 bits per heavy atom. The molecule has 0 aromatic carbocycles. The number of esters is 1. The van der Waals surface area contributed by atoms with Gasteiger partial charge in [-0.25, -0.2) is 4.79 Å². The zero-order chi connectivity index (χ0) is 12.8. The standard InChI is InChI=1S/C11H19NO4/c1-5-11(4,10(15)16-6-2)12-9(14)7-8(3)13/h5-7H2,1-4H3,(H,12,14). The van der Waals surface area contributed by atoms with Crippen molar-refractivity contribution in [3.63, 3.8) is 0 Å². The van der Waals surface area contributed by atoms with E-state index < -0.39 is 17.4 Å². The highest BCUT2D eigenvalue weighted by atomic mass is 16.5. The lowest BCUT2D eigenvalue weighted by Crippen LogP contribution is -2.52. The van der Waals surface area contributed by atoms with Crippen molar-refractivity contribution in [2.45, 2.75) is 46.1 Å². The summed E-state index contributed by atoms with van der Waals surface area (Å²) in [7, 11) is 0. The second kappa shape index (κ2) is 6.25. The molecule has 5 nitrogen and oxygen atoms in total. The number of Topliss-reactive ketones (excluding diaryl/α,β-unsaturated/α-hetero) is 1. The fourth-order valence-electron chi connectivity index (χ4n) is 1.15. The lowest BCUT2D eigenvalue weighted by molar-refractivity contribution is -0.153. The van der Waals surface area contributed by atoms with E-state index in [-0.39, 0.29) is 18.8 Å². The molecule has 0 rings (SSSR count). The van der Waals surface area contributed by atoms with Gasteiger partial charge in [0.25, 0.3) is 0 Å². The van der Waals surface area contributed by atoms with E-state index in [0.717, 1.165) is 0 Å². The van der Waals surface area contributed by atoms with Crippen molar-refractivity contribution in [3.05, 3.63) is 0 Å². The first-order valence-electron chi connectivity index (χ1n) is 5.33. The third-order valence-electron chi connectivity index (χ3n) is 2.26. The molecule has 0 aromatic rings.